The highest BCUT2D eigenvalue weighted by atomic mass is 79.9. The first-order valence-corrected chi connectivity index (χ1v) is 7.28. The van der Waals surface area contributed by atoms with Crippen LogP contribution in [0.2, 0.25) is 0 Å². The van der Waals surface area contributed by atoms with Gasteiger partial charge in [-0.05, 0) is 51.3 Å². The highest BCUT2D eigenvalue weighted by Crippen LogP contribution is 2.31. The van der Waals surface area contributed by atoms with E-state index >= 15 is 0 Å². The molecule has 1 amide bonds. The molecular weight excluding hydrogens is 374 g/mol. The van der Waals surface area contributed by atoms with Crippen LogP contribution in [0.1, 0.15) is 30.1 Å². The zero-order chi connectivity index (χ0) is 13.0. The van der Waals surface area contributed by atoms with Gasteiger partial charge in [0.2, 0.25) is 0 Å². The van der Waals surface area contributed by atoms with Gasteiger partial charge in [-0.1, -0.05) is 0 Å². The number of nitrogens with one attached hydrogen (secondary N) is 1. The molecule has 0 saturated carbocycles. The number of carboxylic acids is 1. The average Bonchev–Trinajstić information content (AvgIpc) is 2.55. The number of thiophene rings is 1. The van der Waals surface area contributed by atoms with Crippen molar-refractivity contribution in [3.63, 3.8) is 0 Å². The molecule has 0 aromatic carbocycles. The monoisotopic (exact) mass is 383 g/mol. The smallest absolute Gasteiger partial charge is 0.303 e. The van der Waals surface area contributed by atoms with Crippen molar-refractivity contribution in [2.24, 2.45) is 0 Å². The van der Waals surface area contributed by atoms with E-state index in [0.29, 0.717) is 12.0 Å². The van der Waals surface area contributed by atoms with Crippen molar-refractivity contribution >= 4 is 55.1 Å². The molecule has 17 heavy (non-hydrogen) atoms. The molecular formula is C10H11Br2NO3S. The lowest BCUT2D eigenvalue weighted by molar-refractivity contribution is -0.137. The van der Waals surface area contributed by atoms with Crippen LogP contribution in [-0.4, -0.2) is 23.0 Å². The largest absolute Gasteiger partial charge is 0.481 e. The number of amides is 1. The molecule has 1 rings (SSSR count). The number of carboxylic acid groups (broad SMARTS) is 1. The number of rotatable bonds is 5. The Labute approximate surface area is 120 Å². The Bertz CT molecular complexity index is 433. The Kier molecular flexibility index (Phi) is 5.61. The number of hydrogen-bond acceptors (Lipinski definition) is 3. The molecule has 0 fully saturated rings. The van der Waals surface area contributed by atoms with E-state index in [1.54, 1.807) is 13.0 Å². The van der Waals surface area contributed by atoms with Gasteiger partial charge >= 0.3 is 5.97 Å². The van der Waals surface area contributed by atoms with Gasteiger partial charge < -0.3 is 10.4 Å². The average molecular weight is 385 g/mol. The minimum absolute atomic E-state index is 0.0515. The Morgan fingerprint density at radius 3 is 2.65 bits per heavy atom. The summed E-state index contributed by atoms with van der Waals surface area (Å²) in [5.41, 5.74) is 0.559. The van der Waals surface area contributed by atoms with Gasteiger partial charge in [0.1, 0.15) is 0 Å². The third-order valence-corrected chi connectivity index (χ3v) is 4.41. The third-order valence-electron chi connectivity index (χ3n) is 2.07. The highest BCUT2D eigenvalue weighted by molar-refractivity contribution is 9.12. The summed E-state index contributed by atoms with van der Waals surface area (Å²) >= 11 is 8.02. The molecule has 0 aliphatic heterocycles. The fourth-order valence-corrected chi connectivity index (χ4v) is 4.00. The zero-order valence-electron chi connectivity index (χ0n) is 9.00. The second-order valence-corrected chi connectivity index (χ2v) is 7.29. The number of hydrogen-bond donors (Lipinski definition) is 2. The van der Waals surface area contributed by atoms with Crippen molar-refractivity contribution in [1.82, 2.24) is 5.32 Å². The van der Waals surface area contributed by atoms with E-state index in [0.717, 1.165) is 7.57 Å². The highest BCUT2D eigenvalue weighted by Gasteiger charge is 2.16. The molecule has 4 nitrogen and oxygen atoms in total. The Morgan fingerprint density at radius 1 is 1.53 bits per heavy atom. The molecule has 2 N–H and O–H groups in total. The van der Waals surface area contributed by atoms with Crippen molar-refractivity contribution in [2.45, 2.75) is 25.8 Å². The van der Waals surface area contributed by atoms with E-state index in [2.05, 4.69) is 37.2 Å². The number of halogens is 2. The van der Waals surface area contributed by atoms with Crippen molar-refractivity contribution in [3.05, 3.63) is 19.2 Å². The molecule has 0 bridgehead atoms. The molecule has 0 spiro atoms. The second kappa shape index (κ2) is 6.51. The van der Waals surface area contributed by atoms with Gasteiger partial charge in [0, 0.05) is 12.5 Å². The van der Waals surface area contributed by atoms with Gasteiger partial charge in [-0.3, -0.25) is 9.59 Å². The maximum atomic E-state index is 11.8. The summed E-state index contributed by atoms with van der Waals surface area (Å²) in [6, 6.07) is 1.57. The molecule has 1 aromatic rings. The number of carbonyl (C=O) groups excluding carboxylic acids is 1. The molecule has 0 aliphatic carbocycles. The lowest BCUT2D eigenvalue weighted by Crippen LogP contribution is -2.32. The zero-order valence-corrected chi connectivity index (χ0v) is 13.0. The van der Waals surface area contributed by atoms with Gasteiger partial charge in [-0.25, -0.2) is 0 Å². The van der Waals surface area contributed by atoms with Crippen LogP contribution in [0, 0.1) is 0 Å². The Morgan fingerprint density at radius 2 is 2.18 bits per heavy atom. The fourth-order valence-electron chi connectivity index (χ4n) is 1.21. The van der Waals surface area contributed by atoms with Crippen molar-refractivity contribution in [1.29, 1.82) is 0 Å². The predicted octanol–water partition coefficient (Wildman–Crippen LogP) is 3.26. The van der Waals surface area contributed by atoms with Crippen LogP contribution in [0.4, 0.5) is 0 Å². The van der Waals surface area contributed by atoms with Gasteiger partial charge in [-0.2, -0.15) is 0 Å². The van der Waals surface area contributed by atoms with E-state index in [1.165, 1.54) is 11.3 Å². The SMILES string of the molecule is CC(CCC(=O)O)NC(=O)c1cc(Br)sc1Br. The van der Waals surface area contributed by atoms with Gasteiger partial charge in [0.15, 0.2) is 0 Å². The molecule has 1 unspecified atom stereocenters. The summed E-state index contributed by atoms with van der Waals surface area (Å²) in [5, 5.41) is 11.3. The molecule has 0 saturated heterocycles. The van der Waals surface area contributed by atoms with Crippen molar-refractivity contribution in [2.75, 3.05) is 0 Å². The first-order valence-electron chi connectivity index (χ1n) is 4.87. The Balaban J connectivity index is 2.54. The number of aliphatic carboxylic acids is 1. The van der Waals surface area contributed by atoms with Crippen LogP contribution in [0.3, 0.4) is 0 Å². The minimum atomic E-state index is -0.856. The summed E-state index contributed by atoms with van der Waals surface area (Å²) < 4.78 is 1.63. The van der Waals surface area contributed by atoms with Crippen LogP contribution in [0.5, 0.6) is 0 Å². The van der Waals surface area contributed by atoms with E-state index in [9.17, 15) is 9.59 Å². The molecule has 1 heterocycles. The molecule has 0 aliphatic rings. The maximum absolute atomic E-state index is 11.8. The van der Waals surface area contributed by atoms with Gasteiger partial charge in [-0.15, -0.1) is 11.3 Å². The van der Waals surface area contributed by atoms with Crippen LogP contribution in [0.15, 0.2) is 13.6 Å². The Hall–Kier alpha value is -0.400. The summed E-state index contributed by atoms with van der Waals surface area (Å²) in [6.45, 7) is 1.79. The van der Waals surface area contributed by atoms with Crippen molar-refractivity contribution in [3.8, 4) is 0 Å². The first-order chi connectivity index (χ1) is 7.90. The second-order valence-electron chi connectivity index (χ2n) is 3.54. The standard InChI is InChI=1S/C10H11Br2NO3S/c1-5(2-3-8(14)15)13-10(16)6-4-7(11)17-9(6)12/h4-5H,2-3H2,1H3,(H,13,16)(H,14,15). The first kappa shape index (κ1) is 14.7. The van der Waals surface area contributed by atoms with Gasteiger partial charge in [0.25, 0.3) is 5.91 Å². The molecule has 1 aromatic heterocycles. The van der Waals surface area contributed by atoms with Crippen LogP contribution in [0.25, 0.3) is 0 Å². The lowest BCUT2D eigenvalue weighted by Gasteiger charge is -2.12. The lowest BCUT2D eigenvalue weighted by atomic mass is 10.2. The third kappa shape index (κ3) is 4.77. The van der Waals surface area contributed by atoms with E-state index in [-0.39, 0.29) is 18.4 Å². The van der Waals surface area contributed by atoms with Crippen LogP contribution >= 0.6 is 43.2 Å². The summed E-state index contributed by atoms with van der Waals surface area (Å²) in [4.78, 5) is 22.2. The quantitative estimate of drug-likeness (QED) is 0.818. The minimum Gasteiger partial charge on any atom is -0.481 e. The predicted molar refractivity (Wildman–Crippen MR) is 73.5 cm³/mol. The fraction of sp³-hybridized carbons (Fsp3) is 0.400. The van der Waals surface area contributed by atoms with Crippen LogP contribution in [-0.2, 0) is 4.79 Å². The topological polar surface area (TPSA) is 66.4 Å². The molecule has 94 valence electrons. The van der Waals surface area contributed by atoms with E-state index in [1.807, 2.05) is 0 Å². The number of carbonyl (C=O) groups is 2. The molecule has 7 heteroatoms. The van der Waals surface area contributed by atoms with E-state index in [4.69, 9.17) is 5.11 Å². The van der Waals surface area contributed by atoms with Gasteiger partial charge in [0.05, 0.1) is 13.1 Å². The van der Waals surface area contributed by atoms with Crippen molar-refractivity contribution < 1.29 is 14.7 Å². The summed E-state index contributed by atoms with van der Waals surface area (Å²) in [6.07, 6.45) is 0.472. The normalized spacial score (nSPS) is 12.2. The van der Waals surface area contributed by atoms with Crippen LogP contribution < -0.4 is 5.32 Å². The van der Waals surface area contributed by atoms with E-state index < -0.39 is 5.97 Å². The maximum Gasteiger partial charge on any atom is 0.303 e. The summed E-state index contributed by atoms with van der Waals surface area (Å²) in [5.74, 6) is -1.05. The molecule has 0 radical (unpaired) electrons. The molecule has 1 atom stereocenters. The summed E-state index contributed by atoms with van der Waals surface area (Å²) in [7, 11) is 0.